The van der Waals surface area contributed by atoms with Gasteiger partial charge in [-0.05, 0) is 0 Å². The number of hydrogen-bond acceptors (Lipinski definition) is 13. The van der Waals surface area contributed by atoms with Crippen molar-refractivity contribution in [1.29, 1.82) is 0 Å². The third-order valence-corrected chi connectivity index (χ3v) is 7.83. The van der Waals surface area contributed by atoms with Crippen LogP contribution in [0.1, 0.15) is 6.23 Å². The molecule has 0 aromatic carbocycles. The van der Waals surface area contributed by atoms with E-state index >= 15 is 0 Å². The molecule has 6 atom stereocenters. The SMILES string of the molecule is CN(C)OP(=O)(OC[C@H]1O[C@@H](n2ccc(=O)[nH]c2=O)[C@H](O)[C@@H]1O)OP(=O)(O)OP(=O)(O)O. The van der Waals surface area contributed by atoms with Crippen LogP contribution in [0.25, 0.3) is 0 Å². The molecular weight excluding hydrogens is 507 g/mol. The Labute approximate surface area is 178 Å². The van der Waals surface area contributed by atoms with Crippen LogP contribution in [-0.4, -0.2) is 78.5 Å². The van der Waals surface area contributed by atoms with Crippen molar-refractivity contribution in [3.63, 3.8) is 0 Å². The molecule has 1 fully saturated rings. The Balaban J connectivity index is 2.17. The lowest BCUT2D eigenvalue weighted by Crippen LogP contribution is -2.37. The van der Waals surface area contributed by atoms with Crippen LogP contribution in [-0.2, 0) is 36.2 Å². The molecule has 1 aromatic heterocycles. The average molecular weight is 527 g/mol. The minimum absolute atomic E-state index is 0.696. The highest BCUT2D eigenvalue weighted by molar-refractivity contribution is 7.66. The minimum atomic E-state index is -5.69. The second kappa shape index (κ2) is 10.0. The van der Waals surface area contributed by atoms with Gasteiger partial charge in [0.25, 0.3) is 5.56 Å². The predicted molar refractivity (Wildman–Crippen MR) is 99.6 cm³/mol. The van der Waals surface area contributed by atoms with Gasteiger partial charge in [0.05, 0.1) is 6.61 Å². The van der Waals surface area contributed by atoms with Gasteiger partial charge in [0.15, 0.2) is 6.23 Å². The summed E-state index contributed by atoms with van der Waals surface area (Å²) in [6, 6.07) is 0.945. The zero-order valence-electron chi connectivity index (χ0n) is 16.2. The maximum absolute atomic E-state index is 12.6. The molecule has 0 spiro atoms. The van der Waals surface area contributed by atoms with Crippen LogP contribution in [0.3, 0.4) is 0 Å². The van der Waals surface area contributed by atoms with Crippen molar-refractivity contribution < 1.29 is 61.1 Å². The largest absolute Gasteiger partial charge is 0.500 e. The van der Waals surface area contributed by atoms with E-state index in [9.17, 15) is 38.4 Å². The van der Waals surface area contributed by atoms with Crippen LogP contribution >= 0.6 is 23.5 Å². The molecule has 0 saturated carbocycles. The van der Waals surface area contributed by atoms with Crippen LogP contribution in [0.5, 0.6) is 0 Å². The van der Waals surface area contributed by atoms with Crippen LogP contribution in [0.15, 0.2) is 21.9 Å². The van der Waals surface area contributed by atoms with E-state index < -0.39 is 65.9 Å². The summed E-state index contributed by atoms with van der Waals surface area (Å²) in [5.74, 6) is 0. The van der Waals surface area contributed by atoms with Gasteiger partial charge < -0.3 is 29.6 Å². The highest BCUT2D eigenvalue weighted by atomic mass is 31.3. The zero-order chi connectivity index (χ0) is 24.5. The molecule has 1 aliphatic rings. The first-order valence-corrected chi connectivity index (χ1v) is 12.8. The number of phosphoric acid groups is 3. The Kier molecular flexibility index (Phi) is 8.53. The molecular formula is C11H20N3O15P3. The van der Waals surface area contributed by atoms with Gasteiger partial charge in [-0.1, -0.05) is 0 Å². The van der Waals surface area contributed by atoms with Gasteiger partial charge in [0.2, 0.25) is 0 Å². The molecule has 2 unspecified atom stereocenters. The van der Waals surface area contributed by atoms with Crippen LogP contribution in [0, 0.1) is 0 Å². The lowest BCUT2D eigenvalue weighted by Gasteiger charge is -2.24. The molecule has 1 aliphatic heterocycles. The maximum Gasteiger partial charge on any atom is 0.500 e. The molecule has 2 heterocycles. The molecule has 184 valence electrons. The number of aromatic nitrogens is 2. The van der Waals surface area contributed by atoms with Gasteiger partial charge in [0.1, 0.15) is 18.3 Å². The van der Waals surface area contributed by atoms with E-state index in [-0.39, 0.29) is 0 Å². The topological polar surface area (TPSA) is 257 Å². The number of hydrogen-bond donors (Lipinski definition) is 6. The highest BCUT2D eigenvalue weighted by Crippen LogP contribution is 2.68. The second-order valence-corrected chi connectivity index (χ2v) is 10.9. The molecule has 2 rings (SSSR count). The van der Waals surface area contributed by atoms with E-state index in [2.05, 4.69) is 13.2 Å². The summed E-state index contributed by atoms with van der Waals surface area (Å²) in [5.41, 5.74) is -1.71. The number of hydroxylamine groups is 2. The molecule has 21 heteroatoms. The fraction of sp³-hybridized carbons (Fsp3) is 0.636. The van der Waals surface area contributed by atoms with Crippen molar-refractivity contribution in [3.05, 3.63) is 33.1 Å². The molecule has 0 amide bonds. The molecule has 32 heavy (non-hydrogen) atoms. The van der Waals surface area contributed by atoms with E-state index in [0.717, 1.165) is 30.9 Å². The van der Waals surface area contributed by atoms with Crippen LogP contribution in [0.2, 0.25) is 0 Å². The number of aliphatic hydroxyl groups is 2. The molecule has 18 nitrogen and oxygen atoms in total. The molecule has 0 aliphatic carbocycles. The normalized spacial score (nSPS) is 27.9. The quantitative estimate of drug-likeness (QED) is 0.142. The second-order valence-electron chi connectivity index (χ2n) is 6.32. The molecule has 0 bridgehead atoms. The average Bonchev–Trinajstić information content (AvgIpc) is 2.85. The van der Waals surface area contributed by atoms with Gasteiger partial charge in [-0.3, -0.25) is 18.9 Å². The van der Waals surface area contributed by atoms with Crippen molar-refractivity contribution in [2.45, 2.75) is 24.5 Å². The van der Waals surface area contributed by atoms with Crippen molar-refractivity contribution in [2.75, 3.05) is 20.7 Å². The smallest absolute Gasteiger partial charge is 0.387 e. The van der Waals surface area contributed by atoms with Crippen molar-refractivity contribution >= 4 is 23.5 Å². The fourth-order valence-corrected chi connectivity index (χ4v) is 5.99. The van der Waals surface area contributed by atoms with Gasteiger partial charge in [-0.25, -0.2) is 18.5 Å². The van der Waals surface area contributed by atoms with Gasteiger partial charge >= 0.3 is 29.2 Å². The van der Waals surface area contributed by atoms with E-state index in [1.165, 1.54) is 0 Å². The third-order valence-electron chi connectivity index (χ3n) is 3.54. The monoisotopic (exact) mass is 527 g/mol. The predicted octanol–water partition coefficient (Wildman–Crippen LogP) is -2.00. The Bertz CT molecular complexity index is 1060. The number of H-pyrrole nitrogens is 1. The van der Waals surface area contributed by atoms with E-state index in [1.54, 1.807) is 0 Å². The summed E-state index contributed by atoms with van der Waals surface area (Å²) < 4.78 is 58.3. The molecule has 0 radical (unpaired) electrons. The minimum Gasteiger partial charge on any atom is -0.387 e. The Morgan fingerprint density at radius 1 is 1.12 bits per heavy atom. The summed E-state index contributed by atoms with van der Waals surface area (Å²) in [4.78, 5) is 51.6. The fourth-order valence-electron chi connectivity index (χ4n) is 2.43. The summed E-state index contributed by atoms with van der Waals surface area (Å²) in [6.07, 6.45) is -5.53. The van der Waals surface area contributed by atoms with E-state index in [1.807, 2.05) is 4.98 Å². The van der Waals surface area contributed by atoms with Crippen molar-refractivity contribution in [1.82, 2.24) is 14.6 Å². The van der Waals surface area contributed by atoms with E-state index in [4.69, 9.17) is 19.0 Å². The molecule has 1 saturated heterocycles. The summed E-state index contributed by atoms with van der Waals surface area (Å²) in [7, 11) is -14.1. The Hall–Kier alpha value is -1.07. The van der Waals surface area contributed by atoms with Crippen LogP contribution in [0.4, 0.5) is 0 Å². The lowest BCUT2D eigenvalue weighted by molar-refractivity contribution is -0.0720. The summed E-state index contributed by atoms with van der Waals surface area (Å²) in [6.45, 7) is -0.937. The highest BCUT2D eigenvalue weighted by Gasteiger charge is 2.48. The first-order chi connectivity index (χ1) is 14.5. The van der Waals surface area contributed by atoms with E-state index in [0.29, 0.717) is 5.06 Å². The number of nitrogens with zero attached hydrogens (tertiary/aromatic N) is 2. The Morgan fingerprint density at radius 2 is 1.75 bits per heavy atom. The maximum atomic E-state index is 12.6. The first kappa shape index (κ1) is 27.2. The molecule has 6 N–H and O–H groups in total. The van der Waals surface area contributed by atoms with Gasteiger partial charge in [0, 0.05) is 26.4 Å². The van der Waals surface area contributed by atoms with Crippen molar-refractivity contribution in [2.24, 2.45) is 0 Å². The van der Waals surface area contributed by atoms with Crippen molar-refractivity contribution in [3.8, 4) is 0 Å². The Morgan fingerprint density at radius 3 is 2.28 bits per heavy atom. The number of aromatic amines is 1. The zero-order valence-corrected chi connectivity index (χ0v) is 18.9. The third kappa shape index (κ3) is 7.48. The number of ether oxygens (including phenoxy) is 1. The standard InChI is InChI=1S/C11H20N3O15P3/c1-13(2)27-32(24,29-31(22,23)28-30(19,20)21)25-5-6-8(16)9(17)10(26-6)14-4-3-7(15)12-11(14)18/h3-4,6,8-10,16-17H,5H2,1-2H3,(H,22,23)(H,12,15,18)(H2,19,20,21)/t6-,8-,9-,10-,32?/m1/s1. The summed E-state index contributed by atoms with van der Waals surface area (Å²) in [5, 5.41) is 21.0. The van der Waals surface area contributed by atoms with Crippen LogP contribution < -0.4 is 11.2 Å². The first-order valence-electron chi connectivity index (χ1n) is 8.28. The van der Waals surface area contributed by atoms with Gasteiger partial charge in [-0.15, -0.1) is 0 Å². The number of aliphatic hydroxyl groups excluding tert-OH is 2. The molecule has 1 aromatic rings. The lowest BCUT2D eigenvalue weighted by atomic mass is 10.1. The number of rotatable bonds is 10. The number of nitrogens with one attached hydrogen (secondary N) is 1. The van der Waals surface area contributed by atoms with Gasteiger partial charge in [-0.2, -0.15) is 18.3 Å². The summed E-state index contributed by atoms with van der Waals surface area (Å²) >= 11 is 0.